The summed E-state index contributed by atoms with van der Waals surface area (Å²) in [5.41, 5.74) is 7.72. The SMILES string of the molecule is Cc1ccc(C(=O)CSc2cc(-c3ccccc3)cc(-c3ccccc3)[n+]2Cc2ccccc2)cc1.[Br-]. The van der Waals surface area contributed by atoms with Crippen LogP contribution in [0.25, 0.3) is 22.4 Å². The molecule has 0 atom stereocenters. The van der Waals surface area contributed by atoms with Crippen molar-refractivity contribution in [1.82, 2.24) is 0 Å². The molecule has 5 rings (SSSR count). The van der Waals surface area contributed by atoms with E-state index in [1.54, 1.807) is 11.8 Å². The number of Topliss-reactive ketones (excluding diaryl/α,β-unsaturated/α-hetero) is 1. The Bertz CT molecular complexity index is 1450. The molecule has 1 heterocycles. The van der Waals surface area contributed by atoms with Gasteiger partial charge in [0.1, 0.15) is 0 Å². The lowest BCUT2D eigenvalue weighted by molar-refractivity contribution is -0.714. The number of hydrogen-bond acceptors (Lipinski definition) is 2. The minimum atomic E-state index is 0. The topological polar surface area (TPSA) is 20.9 Å². The van der Waals surface area contributed by atoms with Gasteiger partial charge in [-0.3, -0.25) is 4.79 Å². The van der Waals surface area contributed by atoms with E-state index in [9.17, 15) is 4.79 Å². The molecule has 0 fully saturated rings. The van der Waals surface area contributed by atoms with Crippen LogP contribution < -0.4 is 21.5 Å². The van der Waals surface area contributed by atoms with Gasteiger partial charge >= 0.3 is 0 Å². The molecular weight excluding hydrogens is 538 g/mol. The highest BCUT2D eigenvalue weighted by atomic mass is 79.9. The molecule has 0 saturated heterocycles. The van der Waals surface area contributed by atoms with Crippen molar-refractivity contribution in [2.24, 2.45) is 0 Å². The molecule has 184 valence electrons. The normalized spacial score (nSPS) is 10.5. The second kappa shape index (κ2) is 12.7. The second-order valence-electron chi connectivity index (χ2n) is 8.85. The van der Waals surface area contributed by atoms with Gasteiger partial charge in [-0.25, -0.2) is 0 Å². The summed E-state index contributed by atoms with van der Waals surface area (Å²) < 4.78 is 2.34. The summed E-state index contributed by atoms with van der Waals surface area (Å²) >= 11 is 1.60. The van der Waals surface area contributed by atoms with Gasteiger partial charge in [-0.1, -0.05) is 109 Å². The van der Waals surface area contributed by atoms with Crippen LogP contribution in [0, 0.1) is 6.92 Å². The molecule has 0 N–H and O–H groups in total. The number of thioether (sulfide) groups is 1. The summed E-state index contributed by atoms with van der Waals surface area (Å²) in [4.78, 5) is 13.1. The Hall–Kier alpha value is -3.47. The Morgan fingerprint density at radius 1 is 0.676 bits per heavy atom. The maximum atomic E-state index is 13.1. The van der Waals surface area contributed by atoms with Crippen molar-refractivity contribution in [2.75, 3.05) is 5.75 Å². The Balaban J connectivity index is 0.00000320. The zero-order valence-corrected chi connectivity index (χ0v) is 23.1. The Morgan fingerprint density at radius 3 is 1.86 bits per heavy atom. The molecule has 4 heteroatoms. The van der Waals surface area contributed by atoms with E-state index in [0.29, 0.717) is 5.75 Å². The van der Waals surface area contributed by atoms with E-state index >= 15 is 0 Å². The molecule has 0 bridgehead atoms. The fraction of sp³-hybridized carbons (Fsp3) is 0.0909. The van der Waals surface area contributed by atoms with Gasteiger partial charge < -0.3 is 17.0 Å². The molecule has 1 aromatic heterocycles. The van der Waals surface area contributed by atoms with E-state index in [1.165, 1.54) is 5.56 Å². The Morgan fingerprint density at radius 2 is 1.24 bits per heavy atom. The van der Waals surface area contributed by atoms with Gasteiger partial charge in [0.25, 0.3) is 0 Å². The van der Waals surface area contributed by atoms with Crippen LogP contribution in [0.2, 0.25) is 0 Å². The second-order valence-corrected chi connectivity index (χ2v) is 9.84. The van der Waals surface area contributed by atoms with Crippen molar-refractivity contribution in [3.8, 4) is 22.4 Å². The third kappa shape index (κ3) is 6.65. The van der Waals surface area contributed by atoms with Crippen LogP contribution in [-0.2, 0) is 6.54 Å². The number of carbonyl (C=O) groups excluding carboxylic acids is 1. The summed E-state index contributed by atoms with van der Waals surface area (Å²) in [7, 11) is 0. The summed E-state index contributed by atoms with van der Waals surface area (Å²) in [5, 5.41) is 1.07. The van der Waals surface area contributed by atoms with Crippen LogP contribution in [0.15, 0.2) is 132 Å². The molecule has 0 radical (unpaired) electrons. The zero-order chi connectivity index (χ0) is 24.7. The van der Waals surface area contributed by atoms with Crippen molar-refractivity contribution in [3.05, 3.63) is 144 Å². The van der Waals surface area contributed by atoms with Gasteiger partial charge in [0.15, 0.2) is 12.3 Å². The van der Waals surface area contributed by atoms with Crippen LogP contribution in [0.4, 0.5) is 0 Å². The molecule has 2 nitrogen and oxygen atoms in total. The first kappa shape index (κ1) is 26.6. The van der Waals surface area contributed by atoms with Gasteiger partial charge in [0.05, 0.1) is 5.75 Å². The maximum Gasteiger partial charge on any atom is 0.241 e. The number of pyridine rings is 1. The van der Waals surface area contributed by atoms with Gasteiger partial charge in [-0.05, 0) is 41.9 Å². The summed E-state index contributed by atoms with van der Waals surface area (Å²) in [5.74, 6) is 0.516. The lowest BCUT2D eigenvalue weighted by Gasteiger charge is -2.12. The van der Waals surface area contributed by atoms with E-state index in [0.717, 1.165) is 45.1 Å². The highest BCUT2D eigenvalue weighted by Crippen LogP contribution is 2.29. The highest BCUT2D eigenvalue weighted by molar-refractivity contribution is 7.99. The van der Waals surface area contributed by atoms with Gasteiger partial charge in [0, 0.05) is 28.8 Å². The number of benzene rings is 4. The molecular formula is C33H28BrNOS. The zero-order valence-electron chi connectivity index (χ0n) is 20.7. The van der Waals surface area contributed by atoms with E-state index < -0.39 is 0 Å². The minimum absolute atomic E-state index is 0. The standard InChI is InChI=1S/C33H28NOS.BrH/c1-25-17-19-29(20-18-25)32(35)24-36-33-22-30(27-13-7-3-8-14-27)21-31(28-15-9-4-10-16-28)34(33)23-26-11-5-2-6-12-26;/h2-22H,23-24H2,1H3;1H/q+1;/p-1. The first-order valence-corrected chi connectivity index (χ1v) is 13.1. The molecule has 0 spiro atoms. The third-order valence-corrected chi connectivity index (χ3v) is 7.25. The molecule has 0 aliphatic rings. The molecule has 4 aromatic carbocycles. The number of aryl methyl sites for hydroxylation is 1. The number of hydrogen-bond donors (Lipinski definition) is 0. The van der Waals surface area contributed by atoms with Crippen LogP contribution >= 0.6 is 11.8 Å². The van der Waals surface area contributed by atoms with E-state index in [-0.39, 0.29) is 22.8 Å². The van der Waals surface area contributed by atoms with Crippen molar-refractivity contribution < 1.29 is 26.3 Å². The number of aromatic nitrogens is 1. The fourth-order valence-electron chi connectivity index (χ4n) is 4.25. The molecule has 5 aromatic rings. The highest BCUT2D eigenvalue weighted by Gasteiger charge is 2.23. The summed E-state index contributed by atoms with van der Waals surface area (Å²) in [6, 6.07) is 43.8. The number of carbonyl (C=O) groups is 1. The number of ketones is 1. The molecule has 0 aliphatic heterocycles. The minimum Gasteiger partial charge on any atom is -1.00 e. The van der Waals surface area contributed by atoms with Crippen LogP contribution in [0.3, 0.4) is 0 Å². The third-order valence-electron chi connectivity index (χ3n) is 6.21. The summed E-state index contributed by atoms with van der Waals surface area (Å²) in [6.07, 6.45) is 0. The molecule has 37 heavy (non-hydrogen) atoms. The van der Waals surface area contributed by atoms with Crippen molar-refractivity contribution in [2.45, 2.75) is 18.5 Å². The average molecular weight is 567 g/mol. The molecule has 0 unspecified atom stereocenters. The van der Waals surface area contributed by atoms with Gasteiger partial charge in [-0.15, -0.1) is 0 Å². The van der Waals surface area contributed by atoms with Crippen LogP contribution in [0.5, 0.6) is 0 Å². The van der Waals surface area contributed by atoms with Crippen LogP contribution in [-0.4, -0.2) is 11.5 Å². The van der Waals surface area contributed by atoms with Crippen molar-refractivity contribution in [1.29, 1.82) is 0 Å². The largest absolute Gasteiger partial charge is 1.00 e. The van der Waals surface area contributed by atoms with Gasteiger partial charge in [-0.2, -0.15) is 4.57 Å². The fourth-order valence-corrected chi connectivity index (χ4v) is 5.23. The predicted molar refractivity (Wildman–Crippen MR) is 149 cm³/mol. The first-order valence-electron chi connectivity index (χ1n) is 12.1. The van der Waals surface area contributed by atoms with Crippen molar-refractivity contribution in [3.63, 3.8) is 0 Å². The van der Waals surface area contributed by atoms with Crippen LogP contribution in [0.1, 0.15) is 21.5 Å². The first-order chi connectivity index (χ1) is 17.7. The lowest BCUT2D eigenvalue weighted by Crippen LogP contribution is -3.00. The smallest absolute Gasteiger partial charge is 0.241 e. The maximum absolute atomic E-state index is 13.1. The lowest BCUT2D eigenvalue weighted by atomic mass is 10.0. The quantitative estimate of drug-likeness (QED) is 0.155. The number of halogens is 1. The average Bonchev–Trinajstić information content (AvgIpc) is 2.94. The van der Waals surface area contributed by atoms with E-state index in [1.807, 2.05) is 49.4 Å². The summed E-state index contributed by atoms with van der Waals surface area (Å²) in [6.45, 7) is 2.76. The molecule has 0 saturated carbocycles. The number of nitrogens with zero attached hydrogens (tertiary/aromatic N) is 1. The molecule has 0 aliphatic carbocycles. The molecule has 0 amide bonds. The predicted octanol–water partition coefficient (Wildman–Crippen LogP) is 4.64. The van der Waals surface area contributed by atoms with E-state index in [2.05, 4.69) is 89.5 Å². The Kier molecular flexibility index (Phi) is 9.10. The van der Waals surface area contributed by atoms with Gasteiger partial charge in [0.2, 0.25) is 10.7 Å². The number of rotatable bonds is 8. The monoisotopic (exact) mass is 565 g/mol. The van der Waals surface area contributed by atoms with Crippen molar-refractivity contribution >= 4 is 17.5 Å². The van der Waals surface area contributed by atoms with E-state index in [4.69, 9.17) is 0 Å². The Labute approximate surface area is 233 Å².